The molecule has 2 atom stereocenters. The van der Waals surface area contributed by atoms with Crippen LogP contribution in [0.5, 0.6) is 0 Å². The van der Waals surface area contributed by atoms with Crippen LogP contribution in [0.2, 0.25) is 0 Å². The van der Waals surface area contributed by atoms with Gasteiger partial charge in [-0.15, -0.1) is 0 Å². The van der Waals surface area contributed by atoms with Crippen LogP contribution in [-0.4, -0.2) is 11.9 Å². The number of carbonyl (C=O) groups is 1. The van der Waals surface area contributed by atoms with E-state index in [-0.39, 0.29) is 7.33 Å². The van der Waals surface area contributed by atoms with Crippen molar-refractivity contribution in [3.05, 3.63) is 23.8 Å². The predicted molar refractivity (Wildman–Crippen MR) is 97.6 cm³/mol. The Bertz CT molecular complexity index is 311. The van der Waals surface area contributed by atoms with Gasteiger partial charge in [-0.3, -0.25) is 4.79 Å². The Morgan fingerprint density at radius 2 is 1.81 bits per heavy atom. The lowest BCUT2D eigenvalue weighted by molar-refractivity contribution is -0.118. The molecule has 1 N–H and O–H groups in total. The second-order valence-electron chi connectivity index (χ2n) is 5.39. The van der Waals surface area contributed by atoms with Gasteiger partial charge in [0.25, 0.3) is 5.91 Å². The molecule has 1 aliphatic rings. The smallest absolute Gasteiger partial charge is 0.251 e. The van der Waals surface area contributed by atoms with Gasteiger partial charge < -0.3 is 5.32 Å². The molecule has 21 heavy (non-hydrogen) atoms. The Morgan fingerprint density at radius 1 is 1.24 bits per heavy atom. The molecule has 2 nitrogen and oxygen atoms in total. The van der Waals surface area contributed by atoms with Crippen molar-refractivity contribution in [2.75, 3.05) is 0 Å². The van der Waals surface area contributed by atoms with E-state index in [1.54, 1.807) is 0 Å². The lowest BCUT2D eigenvalue weighted by Crippen LogP contribution is -2.38. The Balaban J connectivity index is -0.000000536. The van der Waals surface area contributed by atoms with E-state index in [4.69, 9.17) is 0 Å². The molecule has 0 aliphatic heterocycles. The highest BCUT2D eigenvalue weighted by Crippen LogP contribution is 2.23. The summed E-state index contributed by atoms with van der Waals surface area (Å²) >= 11 is 0. The average molecular weight is 298 g/mol. The van der Waals surface area contributed by atoms with Crippen molar-refractivity contribution >= 4 is 5.91 Å². The number of amides is 1. The minimum absolute atomic E-state index is 0. The van der Waals surface area contributed by atoms with Crippen LogP contribution in [0.25, 0.3) is 0 Å². The third kappa shape index (κ3) is 11.3. The monoisotopic (exact) mass is 297 g/mol. The second-order valence-corrected chi connectivity index (χ2v) is 5.39. The predicted octanol–water partition coefficient (Wildman–Crippen LogP) is 5.89. The molecule has 0 bridgehead atoms. The molecule has 1 aliphatic carbocycles. The maximum absolute atomic E-state index is 11.9. The van der Waals surface area contributed by atoms with E-state index >= 15 is 0 Å². The molecule has 2 unspecified atom stereocenters. The van der Waals surface area contributed by atoms with Gasteiger partial charge in [0, 0.05) is 13.0 Å². The second kappa shape index (κ2) is 15.3. The Kier molecular flexibility index (Phi) is 16.2. The topological polar surface area (TPSA) is 29.1 Å². The van der Waals surface area contributed by atoms with Gasteiger partial charge in [-0.25, -0.2) is 0 Å². The van der Waals surface area contributed by atoms with Crippen LogP contribution in [-0.2, 0) is 4.79 Å². The van der Waals surface area contributed by atoms with Crippen LogP contribution in [0, 0.1) is 5.92 Å². The molecule has 0 spiro atoms. The summed E-state index contributed by atoms with van der Waals surface area (Å²) in [5.74, 6) is 0.814. The fourth-order valence-electron chi connectivity index (χ4n) is 2.32. The van der Waals surface area contributed by atoms with Crippen LogP contribution in [0.4, 0.5) is 0 Å². The van der Waals surface area contributed by atoms with Gasteiger partial charge in [0.2, 0.25) is 0 Å². The summed E-state index contributed by atoms with van der Waals surface area (Å²) in [5, 5.41) is 3.13. The molecule has 0 saturated heterocycles. The number of rotatable bonds is 3. The number of hydrogen-bond donors (Lipinski definition) is 1. The van der Waals surface area contributed by atoms with Gasteiger partial charge in [0.05, 0.1) is 0 Å². The van der Waals surface area contributed by atoms with Crippen LogP contribution in [0.1, 0.15) is 82.0 Å². The third-order valence-corrected chi connectivity index (χ3v) is 3.19. The van der Waals surface area contributed by atoms with E-state index in [2.05, 4.69) is 26.1 Å². The van der Waals surface area contributed by atoms with Gasteiger partial charge in [0.1, 0.15) is 0 Å². The zero-order chi connectivity index (χ0) is 16.7. The molecule has 0 heterocycles. The highest BCUT2D eigenvalue weighted by atomic mass is 16.1. The molecule has 1 rings (SSSR count). The number of nitrogens with one attached hydrogen (secondary N) is 1. The highest BCUT2D eigenvalue weighted by molar-refractivity contribution is 5.96. The summed E-state index contributed by atoms with van der Waals surface area (Å²) < 4.78 is 0. The van der Waals surface area contributed by atoms with Crippen LogP contribution in [0.15, 0.2) is 23.8 Å². The zero-order valence-corrected chi connectivity index (χ0v) is 15.3. The molecule has 0 aromatic carbocycles. The van der Waals surface area contributed by atoms with Crippen LogP contribution >= 0.6 is 0 Å². The number of hydrogen-bond acceptors (Lipinski definition) is 1. The molecule has 0 aromatic heterocycles. The molecule has 0 aromatic rings. The molecule has 0 radical (unpaired) electrons. The van der Waals surface area contributed by atoms with Crippen molar-refractivity contribution in [3.8, 4) is 0 Å². The Labute approximate surface area is 134 Å². The standard InChI is InChI=1S/C14H23NO.C3H8.C2H6.H2/c1-4-7-12(5-2)14(16)15-13-9-6-8-11(3)10-13;1-3-2;1-2;/h4-5,7,11,13H,6,8-10H2,1-3H3,(H,15,16);3H2,1-2H3;1-2H3;1H/b7-4-,12-5+;;;. The maximum atomic E-state index is 11.9. The Morgan fingerprint density at radius 3 is 2.24 bits per heavy atom. The first-order valence-electron chi connectivity index (χ1n) is 8.68. The van der Waals surface area contributed by atoms with Crippen molar-refractivity contribution in [2.24, 2.45) is 5.92 Å². The summed E-state index contributed by atoms with van der Waals surface area (Å²) in [6.07, 6.45) is 11.7. The first-order chi connectivity index (χ1) is 10.1. The zero-order valence-electron chi connectivity index (χ0n) is 15.3. The quantitative estimate of drug-likeness (QED) is 0.510. The van der Waals surface area contributed by atoms with E-state index in [1.165, 1.54) is 19.3 Å². The number of allylic oxidation sites excluding steroid dienone is 2. The van der Waals surface area contributed by atoms with E-state index in [0.29, 0.717) is 6.04 Å². The average Bonchev–Trinajstić information content (AvgIpc) is 2.47. The van der Waals surface area contributed by atoms with E-state index in [1.807, 2.05) is 45.9 Å². The molecule has 1 fully saturated rings. The van der Waals surface area contributed by atoms with Crippen molar-refractivity contribution in [2.45, 2.75) is 86.6 Å². The van der Waals surface area contributed by atoms with Crippen molar-refractivity contribution in [3.63, 3.8) is 0 Å². The lowest BCUT2D eigenvalue weighted by Gasteiger charge is -2.27. The van der Waals surface area contributed by atoms with Crippen molar-refractivity contribution < 1.29 is 6.22 Å². The minimum atomic E-state index is 0. The molecule has 126 valence electrons. The summed E-state index contributed by atoms with van der Waals surface area (Å²) in [6.45, 7) is 14.3. The summed E-state index contributed by atoms with van der Waals surface area (Å²) in [7, 11) is 0. The van der Waals surface area contributed by atoms with Gasteiger partial charge in [0.15, 0.2) is 0 Å². The largest absolute Gasteiger partial charge is 0.349 e. The molecule has 1 amide bonds. The maximum Gasteiger partial charge on any atom is 0.251 e. The van der Waals surface area contributed by atoms with E-state index < -0.39 is 0 Å². The molecular formula is C19H39NO. The fourth-order valence-corrected chi connectivity index (χ4v) is 2.32. The summed E-state index contributed by atoms with van der Waals surface area (Å²) in [6, 6.07) is 0.372. The lowest BCUT2D eigenvalue weighted by atomic mass is 9.87. The number of carbonyl (C=O) groups excluding carboxylic acids is 1. The SMILES string of the molecule is C/C=C\C(=C/C)C(=O)NC1CCCC(C)C1.CC.CCC.[HH]. The van der Waals surface area contributed by atoms with Gasteiger partial charge >= 0.3 is 0 Å². The first-order valence-corrected chi connectivity index (χ1v) is 8.68. The first kappa shape index (κ1) is 22.2. The summed E-state index contributed by atoms with van der Waals surface area (Å²) in [4.78, 5) is 11.9. The van der Waals surface area contributed by atoms with Crippen LogP contribution < -0.4 is 5.32 Å². The molecule has 1 saturated carbocycles. The Hall–Kier alpha value is -1.05. The van der Waals surface area contributed by atoms with E-state index in [9.17, 15) is 4.79 Å². The fraction of sp³-hybridized carbons (Fsp3) is 0.737. The van der Waals surface area contributed by atoms with Gasteiger partial charge in [-0.05, 0) is 32.6 Å². The molecule has 2 heteroatoms. The van der Waals surface area contributed by atoms with Gasteiger partial charge in [-0.2, -0.15) is 0 Å². The minimum Gasteiger partial charge on any atom is -0.349 e. The normalized spacial score (nSPS) is 21.8. The molecular weight excluding hydrogens is 258 g/mol. The summed E-state index contributed by atoms with van der Waals surface area (Å²) in [5.41, 5.74) is 0.765. The van der Waals surface area contributed by atoms with Crippen molar-refractivity contribution in [1.82, 2.24) is 5.32 Å². The van der Waals surface area contributed by atoms with Crippen LogP contribution in [0.3, 0.4) is 0 Å². The van der Waals surface area contributed by atoms with Gasteiger partial charge in [-0.1, -0.05) is 72.1 Å². The third-order valence-electron chi connectivity index (χ3n) is 3.19. The highest BCUT2D eigenvalue weighted by Gasteiger charge is 2.20. The van der Waals surface area contributed by atoms with Crippen molar-refractivity contribution in [1.29, 1.82) is 0 Å². The van der Waals surface area contributed by atoms with E-state index in [0.717, 1.165) is 24.3 Å².